The molecule has 0 atom stereocenters. The molecular formula is C10H16ClN5O. The molecule has 1 heterocycles. The van der Waals surface area contributed by atoms with Gasteiger partial charge in [0.25, 0.3) is 0 Å². The molecule has 0 bridgehead atoms. The number of carbonyl (C=O) groups is 1. The number of primary amides is 1. The molecule has 6 nitrogen and oxygen atoms in total. The summed E-state index contributed by atoms with van der Waals surface area (Å²) in [4.78, 5) is 19.0. The first-order chi connectivity index (χ1) is 7.74. The van der Waals surface area contributed by atoms with Gasteiger partial charge in [0.05, 0.1) is 16.8 Å². The first kappa shape index (κ1) is 13.5. The molecule has 0 aliphatic rings. The van der Waals surface area contributed by atoms with Crippen molar-refractivity contribution < 1.29 is 4.79 Å². The van der Waals surface area contributed by atoms with Crippen molar-refractivity contribution in [1.82, 2.24) is 9.97 Å². The Kier molecular flexibility index (Phi) is 3.77. The Balaban J connectivity index is 2.87. The molecule has 0 aliphatic carbocycles. The smallest absolute Gasteiger partial charge is 0.224 e. The summed E-state index contributed by atoms with van der Waals surface area (Å²) in [6.07, 6.45) is 0. The Labute approximate surface area is 105 Å². The largest absolute Gasteiger partial charge is 0.394 e. The first-order valence-corrected chi connectivity index (χ1v) is 5.45. The van der Waals surface area contributed by atoms with Crippen molar-refractivity contribution >= 4 is 29.0 Å². The minimum Gasteiger partial charge on any atom is -0.394 e. The number of nitrogens with two attached hydrogens (primary N) is 2. The van der Waals surface area contributed by atoms with E-state index in [1.165, 1.54) is 0 Å². The molecule has 0 aliphatic heterocycles. The van der Waals surface area contributed by atoms with Crippen molar-refractivity contribution in [1.29, 1.82) is 0 Å². The summed E-state index contributed by atoms with van der Waals surface area (Å²) in [6, 6.07) is 0. The van der Waals surface area contributed by atoms with E-state index in [0.29, 0.717) is 23.7 Å². The van der Waals surface area contributed by atoms with Crippen LogP contribution in [0.25, 0.3) is 0 Å². The molecule has 0 fully saturated rings. The zero-order chi connectivity index (χ0) is 13.2. The van der Waals surface area contributed by atoms with Gasteiger partial charge >= 0.3 is 0 Å². The Hall–Kier alpha value is -1.56. The van der Waals surface area contributed by atoms with E-state index in [1.54, 1.807) is 20.8 Å². The molecule has 17 heavy (non-hydrogen) atoms. The van der Waals surface area contributed by atoms with Crippen LogP contribution in [-0.4, -0.2) is 22.4 Å². The number of hydrogen-bond acceptors (Lipinski definition) is 5. The van der Waals surface area contributed by atoms with Crippen LogP contribution in [0.5, 0.6) is 0 Å². The van der Waals surface area contributed by atoms with Crippen LogP contribution in [0.2, 0.25) is 5.28 Å². The second kappa shape index (κ2) is 4.75. The molecule has 0 saturated carbocycles. The average Bonchev–Trinajstić information content (AvgIpc) is 2.21. The molecule has 1 amide bonds. The zero-order valence-corrected chi connectivity index (χ0v) is 10.8. The lowest BCUT2D eigenvalue weighted by Crippen LogP contribution is -2.37. The lowest BCUT2D eigenvalue weighted by Gasteiger charge is -2.21. The molecule has 5 N–H and O–H groups in total. The van der Waals surface area contributed by atoms with Crippen molar-refractivity contribution in [3.8, 4) is 0 Å². The predicted molar refractivity (Wildman–Crippen MR) is 67.7 cm³/mol. The lowest BCUT2D eigenvalue weighted by atomic mass is 9.93. The van der Waals surface area contributed by atoms with Gasteiger partial charge < -0.3 is 16.8 Å². The normalized spacial score (nSPS) is 11.3. The number of nitrogens with zero attached hydrogens (tertiary/aromatic N) is 2. The van der Waals surface area contributed by atoms with Gasteiger partial charge in [0.2, 0.25) is 11.2 Å². The SMILES string of the molecule is Cc1nc(Cl)nc(NCC(C)(C)C(N)=O)c1N. The summed E-state index contributed by atoms with van der Waals surface area (Å²) in [5, 5.41) is 3.06. The number of halogens is 1. The van der Waals surface area contributed by atoms with Gasteiger partial charge in [-0.15, -0.1) is 0 Å². The maximum Gasteiger partial charge on any atom is 0.224 e. The number of nitrogens with one attached hydrogen (secondary N) is 1. The maximum atomic E-state index is 11.2. The van der Waals surface area contributed by atoms with E-state index in [0.717, 1.165) is 0 Å². The minimum absolute atomic E-state index is 0.107. The van der Waals surface area contributed by atoms with Gasteiger partial charge in [0.15, 0.2) is 5.82 Å². The average molecular weight is 258 g/mol. The topological polar surface area (TPSA) is 107 Å². The van der Waals surface area contributed by atoms with Crippen LogP contribution in [0.1, 0.15) is 19.5 Å². The van der Waals surface area contributed by atoms with Gasteiger partial charge in [-0.3, -0.25) is 4.79 Å². The van der Waals surface area contributed by atoms with Gasteiger partial charge in [0.1, 0.15) is 0 Å². The van der Waals surface area contributed by atoms with E-state index < -0.39 is 11.3 Å². The predicted octanol–water partition coefficient (Wildman–Crippen LogP) is 0.944. The maximum absolute atomic E-state index is 11.2. The number of aryl methyl sites for hydroxylation is 1. The van der Waals surface area contributed by atoms with E-state index in [1.807, 2.05) is 0 Å². The highest BCUT2D eigenvalue weighted by Crippen LogP contribution is 2.22. The zero-order valence-electron chi connectivity index (χ0n) is 10.0. The molecule has 1 aromatic heterocycles. The number of rotatable bonds is 4. The van der Waals surface area contributed by atoms with Crippen LogP contribution in [-0.2, 0) is 4.79 Å². The Morgan fingerprint density at radius 1 is 1.47 bits per heavy atom. The van der Waals surface area contributed by atoms with Crippen LogP contribution in [0.15, 0.2) is 0 Å². The summed E-state index contributed by atoms with van der Waals surface area (Å²) in [5.74, 6) is 0.0114. The molecule has 0 saturated heterocycles. The monoisotopic (exact) mass is 257 g/mol. The van der Waals surface area contributed by atoms with Crippen molar-refractivity contribution in [2.75, 3.05) is 17.6 Å². The van der Waals surface area contributed by atoms with E-state index in [4.69, 9.17) is 23.1 Å². The van der Waals surface area contributed by atoms with Crippen molar-refractivity contribution in [3.05, 3.63) is 11.0 Å². The number of hydrogen-bond donors (Lipinski definition) is 3. The Bertz CT molecular complexity index is 447. The van der Waals surface area contributed by atoms with Crippen molar-refractivity contribution in [3.63, 3.8) is 0 Å². The van der Waals surface area contributed by atoms with Crippen LogP contribution in [0.4, 0.5) is 11.5 Å². The third kappa shape index (κ3) is 3.20. The molecule has 94 valence electrons. The van der Waals surface area contributed by atoms with Crippen LogP contribution in [0, 0.1) is 12.3 Å². The molecule has 0 radical (unpaired) electrons. The Morgan fingerprint density at radius 2 is 2.06 bits per heavy atom. The fourth-order valence-corrected chi connectivity index (χ4v) is 1.29. The second-order valence-electron chi connectivity index (χ2n) is 4.44. The number of carbonyl (C=O) groups excluding carboxylic acids is 1. The van der Waals surface area contributed by atoms with E-state index in [-0.39, 0.29) is 5.28 Å². The number of aromatic nitrogens is 2. The fourth-order valence-electron chi connectivity index (χ4n) is 1.07. The molecule has 0 aromatic carbocycles. The highest BCUT2D eigenvalue weighted by atomic mass is 35.5. The second-order valence-corrected chi connectivity index (χ2v) is 4.78. The molecule has 1 aromatic rings. The van der Waals surface area contributed by atoms with E-state index >= 15 is 0 Å². The standard InChI is InChI=1S/C10H16ClN5O/c1-5-6(12)7(16-9(11)15-5)14-4-10(2,3)8(13)17/h4,12H2,1-3H3,(H2,13,17)(H,14,15,16). The van der Waals surface area contributed by atoms with E-state index in [2.05, 4.69) is 15.3 Å². The lowest BCUT2D eigenvalue weighted by molar-refractivity contribution is -0.125. The van der Waals surface area contributed by atoms with Crippen LogP contribution in [0.3, 0.4) is 0 Å². The highest BCUT2D eigenvalue weighted by molar-refractivity contribution is 6.28. The minimum atomic E-state index is -0.697. The molecular weight excluding hydrogens is 242 g/mol. The number of nitrogen functional groups attached to an aromatic ring is 1. The highest BCUT2D eigenvalue weighted by Gasteiger charge is 2.25. The van der Waals surface area contributed by atoms with Crippen LogP contribution >= 0.6 is 11.6 Å². The summed E-state index contributed by atoms with van der Waals surface area (Å²) in [5.41, 5.74) is 11.4. The van der Waals surface area contributed by atoms with Gasteiger partial charge in [-0.05, 0) is 32.4 Å². The third-order valence-electron chi connectivity index (χ3n) is 2.47. The molecule has 0 unspecified atom stereocenters. The van der Waals surface area contributed by atoms with Crippen LogP contribution < -0.4 is 16.8 Å². The summed E-state index contributed by atoms with van der Waals surface area (Å²) in [6.45, 7) is 5.51. The first-order valence-electron chi connectivity index (χ1n) is 5.07. The van der Waals surface area contributed by atoms with Gasteiger partial charge in [-0.1, -0.05) is 0 Å². The van der Waals surface area contributed by atoms with Crippen molar-refractivity contribution in [2.45, 2.75) is 20.8 Å². The van der Waals surface area contributed by atoms with E-state index in [9.17, 15) is 4.79 Å². The van der Waals surface area contributed by atoms with Crippen molar-refractivity contribution in [2.24, 2.45) is 11.1 Å². The number of anilines is 2. The van der Waals surface area contributed by atoms with Gasteiger partial charge in [0, 0.05) is 6.54 Å². The quantitative estimate of drug-likeness (QED) is 0.696. The van der Waals surface area contributed by atoms with Gasteiger partial charge in [-0.2, -0.15) is 4.98 Å². The fraction of sp³-hybridized carbons (Fsp3) is 0.500. The summed E-state index contributed by atoms with van der Waals surface area (Å²) < 4.78 is 0. The van der Waals surface area contributed by atoms with Gasteiger partial charge in [-0.25, -0.2) is 4.98 Å². The molecule has 1 rings (SSSR count). The summed E-state index contributed by atoms with van der Waals surface area (Å²) >= 11 is 5.73. The summed E-state index contributed by atoms with van der Waals surface area (Å²) in [7, 11) is 0. The molecule has 0 spiro atoms. The molecule has 7 heteroatoms. The number of amides is 1. The Morgan fingerprint density at radius 3 is 2.59 bits per heavy atom. The third-order valence-corrected chi connectivity index (χ3v) is 2.64.